The summed E-state index contributed by atoms with van der Waals surface area (Å²) in [7, 11) is 0. The fraction of sp³-hybridized carbons (Fsp3) is 0.200. The van der Waals surface area contributed by atoms with Crippen molar-refractivity contribution >= 4 is 17.3 Å². The summed E-state index contributed by atoms with van der Waals surface area (Å²) < 4.78 is 0. The van der Waals surface area contributed by atoms with Gasteiger partial charge < -0.3 is 10.6 Å². The Kier molecular flexibility index (Phi) is 4.50. The standard InChI is InChI=1S/C15H17N3O/c1-2-9-17-13-7-5-12(6-8-13)15(19)18-14-4-3-10-16-11-14/h3-8,10-11,17H,2,9H2,1H3,(H,18,19). The van der Waals surface area contributed by atoms with Gasteiger partial charge in [-0.1, -0.05) is 6.92 Å². The summed E-state index contributed by atoms with van der Waals surface area (Å²) in [6.45, 7) is 3.05. The topological polar surface area (TPSA) is 54.0 Å². The molecular weight excluding hydrogens is 238 g/mol. The van der Waals surface area contributed by atoms with E-state index in [4.69, 9.17) is 0 Å². The normalized spacial score (nSPS) is 9.95. The lowest BCUT2D eigenvalue weighted by Crippen LogP contribution is -2.12. The van der Waals surface area contributed by atoms with Gasteiger partial charge in [-0.05, 0) is 42.8 Å². The van der Waals surface area contributed by atoms with Crippen molar-refractivity contribution in [3.63, 3.8) is 0 Å². The number of aromatic nitrogens is 1. The van der Waals surface area contributed by atoms with E-state index in [0.717, 1.165) is 18.7 Å². The fourth-order valence-electron chi connectivity index (χ4n) is 1.65. The van der Waals surface area contributed by atoms with E-state index in [1.165, 1.54) is 0 Å². The molecule has 0 fully saturated rings. The lowest BCUT2D eigenvalue weighted by molar-refractivity contribution is 0.102. The van der Waals surface area contributed by atoms with Gasteiger partial charge in [0.25, 0.3) is 5.91 Å². The predicted molar refractivity (Wildman–Crippen MR) is 77.4 cm³/mol. The van der Waals surface area contributed by atoms with E-state index < -0.39 is 0 Å². The molecule has 2 aromatic rings. The van der Waals surface area contributed by atoms with E-state index in [2.05, 4.69) is 22.5 Å². The molecule has 0 aliphatic rings. The van der Waals surface area contributed by atoms with Crippen molar-refractivity contribution in [2.24, 2.45) is 0 Å². The highest BCUT2D eigenvalue weighted by molar-refractivity contribution is 6.04. The molecule has 0 atom stereocenters. The molecule has 2 rings (SSSR count). The Balaban J connectivity index is 1.99. The first-order chi connectivity index (χ1) is 9.29. The third-order valence-electron chi connectivity index (χ3n) is 2.65. The summed E-state index contributed by atoms with van der Waals surface area (Å²) >= 11 is 0. The fourth-order valence-corrected chi connectivity index (χ4v) is 1.65. The molecule has 0 unspecified atom stereocenters. The maximum Gasteiger partial charge on any atom is 0.255 e. The van der Waals surface area contributed by atoms with Crippen LogP contribution in [0.1, 0.15) is 23.7 Å². The summed E-state index contributed by atoms with van der Waals surface area (Å²) in [5, 5.41) is 6.07. The van der Waals surface area contributed by atoms with Crippen LogP contribution in [-0.2, 0) is 0 Å². The van der Waals surface area contributed by atoms with Crippen LogP contribution >= 0.6 is 0 Å². The Morgan fingerprint density at radius 1 is 1.16 bits per heavy atom. The van der Waals surface area contributed by atoms with Crippen LogP contribution in [0.2, 0.25) is 0 Å². The zero-order valence-corrected chi connectivity index (χ0v) is 10.9. The number of hydrogen-bond donors (Lipinski definition) is 2. The first-order valence-electron chi connectivity index (χ1n) is 6.35. The van der Waals surface area contributed by atoms with Gasteiger partial charge in [0.1, 0.15) is 0 Å². The molecule has 4 heteroatoms. The minimum atomic E-state index is -0.130. The second kappa shape index (κ2) is 6.54. The Morgan fingerprint density at radius 3 is 2.58 bits per heavy atom. The number of hydrogen-bond acceptors (Lipinski definition) is 3. The Labute approximate surface area is 112 Å². The molecule has 0 saturated heterocycles. The maximum absolute atomic E-state index is 12.0. The van der Waals surface area contributed by atoms with Crippen LogP contribution < -0.4 is 10.6 Å². The highest BCUT2D eigenvalue weighted by Gasteiger charge is 2.05. The van der Waals surface area contributed by atoms with Gasteiger partial charge in [0.2, 0.25) is 0 Å². The average molecular weight is 255 g/mol. The number of pyridine rings is 1. The van der Waals surface area contributed by atoms with E-state index in [1.54, 1.807) is 18.5 Å². The predicted octanol–water partition coefficient (Wildman–Crippen LogP) is 3.16. The largest absolute Gasteiger partial charge is 0.385 e. The van der Waals surface area contributed by atoms with Gasteiger partial charge in [0.15, 0.2) is 0 Å². The number of amides is 1. The van der Waals surface area contributed by atoms with Gasteiger partial charge in [-0.2, -0.15) is 0 Å². The van der Waals surface area contributed by atoms with E-state index in [-0.39, 0.29) is 5.91 Å². The van der Waals surface area contributed by atoms with E-state index >= 15 is 0 Å². The minimum absolute atomic E-state index is 0.130. The number of carbonyl (C=O) groups is 1. The number of nitrogens with one attached hydrogen (secondary N) is 2. The Hall–Kier alpha value is -2.36. The number of carbonyl (C=O) groups excluding carboxylic acids is 1. The molecule has 1 aromatic heterocycles. The van der Waals surface area contributed by atoms with Crippen LogP contribution in [0.3, 0.4) is 0 Å². The van der Waals surface area contributed by atoms with Crippen molar-refractivity contribution in [2.75, 3.05) is 17.2 Å². The Bertz CT molecular complexity index is 523. The zero-order chi connectivity index (χ0) is 13.5. The van der Waals surface area contributed by atoms with Crippen LogP contribution in [0.15, 0.2) is 48.8 Å². The highest BCUT2D eigenvalue weighted by Crippen LogP contribution is 2.11. The first-order valence-corrected chi connectivity index (χ1v) is 6.35. The van der Waals surface area contributed by atoms with Gasteiger partial charge in [-0.3, -0.25) is 9.78 Å². The molecule has 0 saturated carbocycles. The molecule has 1 heterocycles. The molecule has 0 aliphatic carbocycles. The molecule has 98 valence electrons. The molecule has 0 aliphatic heterocycles. The van der Waals surface area contributed by atoms with E-state index in [1.807, 2.05) is 30.3 Å². The maximum atomic E-state index is 12.0. The molecule has 1 amide bonds. The quantitative estimate of drug-likeness (QED) is 0.863. The molecule has 1 aromatic carbocycles. The summed E-state index contributed by atoms with van der Waals surface area (Å²) in [4.78, 5) is 15.9. The van der Waals surface area contributed by atoms with Crippen molar-refractivity contribution in [2.45, 2.75) is 13.3 Å². The zero-order valence-electron chi connectivity index (χ0n) is 10.9. The lowest BCUT2D eigenvalue weighted by Gasteiger charge is -2.07. The molecule has 4 nitrogen and oxygen atoms in total. The summed E-state index contributed by atoms with van der Waals surface area (Å²) in [5.74, 6) is -0.130. The average Bonchev–Trinajstić information content (AvgIpc) is 2.46. The van der Waals surface area contributed by atoms with Crippen LogP contribution in [0.4, 0.5) is 11.4 Å². The number of benzene rings is 1. The molecular formula is C15H17N3O. The van der Waals surface area contributed by atoms with Gasteiger partial charge in [0.05, 0.1) is 11.9 Å². The second-order valence-electron chi connectivity index (χ2n) is 4.20. The monoisotopic (exact) mass is 255 g/mol. The minimum Gasteiger partial charge on any atom is -0.385 e. The van der Waals surface area contributed by atoms with Gasteiger partial charge >= 0.3 is 0 Å². The van der Waals surface area contributed by atoms with Crippen LogP contribution in [0, 0.1) is 0 Å². The SMILES string of the molecule is CCCNc1ccc(C(=O)Nc2cccnc2)cc1. The van der Waals surface area contributed by atoms with Gasteiger partial charge in [-0.15, -0.1) is 0 Å². The molecule has 0 spiro atoms. The molecule has 19 heavy (non-hydrogen) atoms. The highest BCUT2D eigenvalue weighted by atomic mass is 16.1. The smallest absolute Gasteiger partial charge is 0.255 e. The van der Waals surface area contributed by atoms with E-state index in [9.17, 15) is 4.79 Å². The first kappa shape index (κ1) is 13.1. The van der Waals surface area contributed by atoms with Crippen LogP contribution in [0.5, 0.6) is 0 Å². The van der Waals surface area contributed by atoms with Crippen LogP contribution in [0.25, 0.3) is 0 Å². The molecule has 0 bridgehead atoms. The third-order valence-corrected chi connectivity index (χ3v) is 2.65. The van der Waals surface area contributed by atoms with Crippen molar-refractivity contribution in [1.29, 1.82) is 0 Å². The number of anilines is 2. The molecule has 2 N–H and O–H groups in total. The molecule has 0 radical (unpaired) electrons. The second-order valence-corrected chi connectivity index (χ2v) is 4.20. The Morgan fingerprint density at radius 2 is 1.95 bits per heavy atom. The van der Waals surface area contributed by atoms with E-state index in [0.29, 0.717) is 11.3 Å². The summed E-state index contributed by atoms with van der Waals surface area (Å²) in [6.07, 6.45) is 4.36. The number of nitrogens with zero attached hydrogens (tertiary/aromatic N) is 1. The van der Waals surface area contributed by atoms with Crippen LogP contribution in [-0.4, -0.2) is 17.4 Å². The summed E-state index contributed by atoms with van der Waals surface area (Å²) in [5.41, 5.74) is 2.35. The van der Waals surface area contributed by atoms with Crippen molar-refractivity contribution in [1.82, 2.24) is 4.98 Å². The van der Waals surface area contributed by atoms with Gasteiger partial charge in [-0.25, -0.2) is 0 Å². The van der Waals surface area contributed by atoms with Crippen molar-refractivity contribution < 1.29 is 4.79 Å². The lowest BCUT2D eigenvalue weighted by atomic mass is 10.2. The van der Waals surface area contributed by atoms with Gasteiger partial charge in [0, 0.05) is 24.0 Å². The van der Waals surface area contributed by atoms with Crippen molar-refractivity contribution in [3.8, 4) is 0 Å². The number of rotatable bonds is 5. The summed E-state index contributed by atoms with van der Waals surface area (Å²) in [6, 6.07) is 11.0. The third kappa shape index (κ3) is 3.81. The van der Waals surface area contributed by atoms with Crippen molar-refractivity contribution in [3.05, 3.63) is 54.4 Å².